The van der Waals surface area contributed by atoms with Gasteiger partial charge in [0.05, 0.1) is 12.9 Å². The van der Waals surface area contributed by atoms with Gasteiger partial charge in [-0.05, 0) is 24.3 Å². The Balaban J connectivity index is 2.52. The van der Waals surface area contributed by atoms with Gasteiger partial charge in [0.25, 0.3) is 0 Å². The first-order chi connectivity index (χ1) is 10.9. The monoisotopic (exact) mass is 341 g/mol. The van der Waals surface area contributed by atoms with Crippen molar-refractivity contribution in [3.63, 3.8) is 0 Å². The van der Waals surface area contributed by atoms with Crippen molar-refractivity contribution >= 4 is 17.7 Å². The number of aromatic nitrogens is 3. The van der Waals surface area contributed by atoms with E-state index in [4.69, 9.17) is 11.2 Å². The van der Waals surface area contributed by atoms with Crippen molar-refractivity contribution < 1.29 is 22.7 Å². The molecule has 2 aromatic rings. The maximum Gasteiger partial charge on any atom is 0.472 e. The van der Waals surface area contributed by atoms with Gasteiger partial charge in [-0.15, -0.1) is 16.6 Å². The molecule has 0 atom stereocenters. The van der Waals surface area contributed by atoms with Crippen LogP contribution in [0, 0.1) is 12.3 Å². The molecule has 23 heavy (non-hydrogen) atoms. The molecule has 0 spiro atoms. The Labute approximate surface area is 133 Å². The summed E-state index contributed by atoms with van der Waals surface area (Å²) >= 11 is 0.822. The molecule has 9 heteroatoms. The normalized spacial score (nSPS) is 11.1. The number of methoxy groups -OCH3 is 1. The second-order valence-electron chi connectivity index (χ2n) is 4.17. The average Bonchev–Trinajstić information content (AvgIpc) is 2.94. The smallest absolute Gasteiger partial charge is 0.472 e. The third-order valence-corrected chi connectivity index (χ3v) is 3.55. The number of alkyl halides is 3. The summed E-state index contributed by atoms with van der Waals surface area (Å²) in [6.45, 7) is 0. The lowest BCUT2D eigenvalue weighted by Gasteiger charge is -2.10. The molecule has 0 N–H and O–H groups in total. The van der Waals surface area contributed by atoms with Crippen LogP contribution < -0.4 is 4.74 Å². The van der Waals surface area contributed by atoms with Crippen molar-refractivity contribution in [1.82, 2.24) is 14.8 Å². The Morgan fingerprint density at radius 2 is 2.00 bits per heavy atom. The molecule has 0 saturated heterocycles. The highest BCUT2D eigenvalue weighted by molar-refractivity contribution is 7.99. The minimum Gasteiger partial charge on any atom is -0.497 e. The molecule has 0 aliphatic rings. The lowest BCUT2D eigenvalue weighted by Crippen LogP contribution is -2.30. The molecule has 0 bridgehead atoms. The summed E-state index contributed by atoms with van der Waals surface area (Å²) in [7, 11) is 1.46. The average molecular weight is 341 g/mol. The fraction of sp³-hybridized carbons (Fsp3) is 0.214. The zero-order chi connectivity index (χ0) is 17.0. The Hall–Kier alpha value is -2.47. The van der Waals surface area contributed by atoms with E-state index >= 15 is 0 Å². The van der Waals surface area contributed by atoms with Crippen LogP contribution in [0.25, 0.3) is 11.4 Å². The molecule has 5 nitrogen and oxygen atoms in total. The molecule has 0 radical (unpaired) electrons. The van der Waals surface area contributed by atoms with Crippen molar-refractivity contribution in [3.05, 3.63) is 24.3 Å². The van der Waals surface area contributed by atoms with E-state index in [1.165, 1.54) is 19.2 Å². The second-order valence-corrected chi connectivity index (χ2v) is 5.11. The van der Waals surface area contributed by atoms with Gasteiger partial charge in [0, 0.05) is 5.56 Å². The van der Waals surface area contributed by atoms with Gasteiger partial charge >= 0.3 is 12.1 Å². The summed E-state index contributed by atoms with van der Waals surface area (Å²) in [5.41, 5.74) is 0.295. The molecule has 1 heterocycles. The van der Waals surface area contributed by atoms with Crippen LogP contribution in [-0.4, -0.2) is 39.7 Å². The van der Waals surface area contributed by atoms with Crippen LogP contribution in [0.2, 0.25) is 0 Å². The van der Waals surface area contributed by atoms with Gasteiger partial charge in [-0.1, -0.05) is 17.7 Å². The number of thioether (sulfide) groups is 1. The summed E-state index contributed by atoms with van der Waals surface area (Å²) in [4.78, 5) is 11.7. The number of carbonyl (C=O) groups is 1. The standard InChI is InChI=1S/C14H10F3N3O2S/c1-3-8-23-13-19-18-11(20(13)12(21)14(15,16)17)9-4-6-10(22-2)7-5-9/h1,4-7H,8H2,2H3. The van der Waals surface area contributed by atoms with E-state index < -0.39 is 12.1 Å². The summed E-state index contributed by atoms with van der Waals surface area (Å²) in [5, 5.41) is 7.11. The van der Waals surface area contributed by atoms with E-state index in [1.54, 1.807) is 12.1 Å². The Kier molecular flexibility index (Phi) is 4.95. The topological polar surface area (TPSA) is 57.0 Å². The molecular formula is C14H10F3N3O2S. The lowest BCUT2D eigenvalue weighted by atomic mass is 10.2. The van der Waals surface area contributed by atoms with Crippen LogP contribution in [0.15, 0.2) is 29.4 Å². The van der Waals surface area contributed by atoms with Crippen LogP contribution in [0.3, 0.4) is 0 Å². The van der Waals surface area contributed by atoms with Gasteiger partial charge in [-0.3, -0.25) is 4.79 Å². The van der Waals surface area contributed by atoms with Gasteiger partial charge < -0.3 is 4.74 Å². The minimum atomic E-state index is -5.06. The minimum absolute atomic E-state index is 0.0614. The van der Waals surface area contributed by atoms with Crippen molar-refractivity contribution in [2.24, 2.45) is 0 Å². The fourth-order valence-corrected chi connectivity index (χ4v) is 2.32. The first-order valence-corrected chi connectivity index (χ1v) is 7.14. The highest BCUT2D eigenvalue weighted by Crippen LogP contribution is 2.29. The summed E-state index contributed by atoms with van der Waals surface area (Å²) < 4.78 is 43.9. The van der Waals surface area contributed by atoms with Crippen molar-refractivity contribution in [1.29, 1.82) is 0 Å². The van der Waals surface area contributed by atoms with Gasteiger partial charge in [0.15, 0.2) is 11.0 Å². The molecule has 1 aromatic heterocycles. The maximum atomic E-state index is 12.8. The molecular weight excluding hydrogens is 331 g/mol. The Morgan fingerprint density at radius 3 is 2.52 bits per heavy atom. The van der Waals surface area contributed by atoms with E-state index in [1.807, 2.05) is 0 Å². The highest BCUT2D eigenvalue weighted by atomic mass is 32.2. The van der Waals surface area contributed by atoms with Crippen LogP contribution >= 0.6 is 11.8 Å². The van der Waals surface area contributed by atoms with E-state index in [0.29, 0.717) is 15.9 Å². The number of hydrogen-bond donors (Lipinski definition) is 0. The van der Waals surface area contributed by atoms with Gasteiger partial charge in [0.1, 0.15) is 5.75 Å². The molecule has 0 aliphatic carbocycles. The quantitative estimate of drug-likeness (QED) is 0.632. The molecule has 120 valence electrons. The van der Waals surface area contributed by atoms with Crippen molar-refractivity contribution in [2.75, 3.05) is 12.9 Å². The lowest BCUT2D eigenvalue weighted by molar-refractivity contribution is -0.0951. The van der Waals surface area contributed by atoms with E-state index in [2.05, 4.69) is 16.1 Å². The van der Waals surface area contributed by atoms with Crippen LogP contribution in [0.1, 0.15) is 4.79 Å². The molecule has 0 unspecified atom stereocenters. The van der Waals surface area contributed by atoms with Crippen LogP contribution in [-0.2, 0) is 0 Å². The van der Waals surface area contributed by atoms with E-state index in [0.717, 1.165) is 11.8 Å². The molecule has 0 saturated carbocycles. The van der Waals surface area contributed by atoms with Gasteiger partial charge in [0.2, 0.25) is 0 Å². The number of benzene rings is 1. The second kappa shape index (κ2) is 6.75. The van der Waals surface area contributed by atoms with Crippen molar-refractivity contribution in [2.45, 2.75) is 11.3 Å². The number of ether oxygens (including phenoxy) is 1. The first-order valence-electron chi connectivity index (χ1n) is 6.16. The summed E-state index contributed by atoms with van der Waals surface area (Å²) in [6, 6.07) is 6.05. The third kappa shape index (κ3) is 3.65. The maximum absolute atomic E-state index is 12.8. The van der Waals surface area contributed by atoms with E-state index in [9.17, 15) is 18.0 Å². The number of hydrogen-bond acceptors (Lipinski definition) is 5. The van der Waals surface area contributed by atoms with Gasteiger partial charge in [-0.25, -0.2) is 4.57 Å². The summed E-state index contributed by atoms with van der Waals surface area (Å²) in [5.74, 6) is 0.547. The molecule has 2 rings (SSSR count). The van der Waals surface area contributed by atoms with Crippen LogP contribution in [0.4, 0.5) is 13.2 Å². The van der Waals surface area contributed by atoms with Crippen LogP contribution in [0.5, 0.6) is 5.75 Å². The number of nitrogens with zero attached hydrogens (tertiary/aromatic N) is 3. The number of carbonyl (C=O) groups excluding carboxylic acids is 1. The Morgan fingerprint density at radius 1 is 1.35 bits per heavy atom. The zero-order valence-corrected chi connectivity index (χ0v) is 12.6. The molecule has 0 fully saturated rings. The molecule has 0 amide bonds. The fourth-order valence-electron chi connectivity index (χ4n) is 1.71. The number of rotatable bonds is 4. The third-order valence-electron chi connectivity index (χ3n) is 2.71. The first kappa shape index (κ1) is 16.9. The number of halogens is 3. The molecule has 1 aromatic carbocycles. The van der Waals surface area contributed by atoms with Crippen molar-refractivity contribution in [3.8, 4) is 29.5 Å². The van der Waals surface area contributed by atoms with Gasteiger partial charge in [-0.2, -0.15) is 13.2 Å². The number of terminal acetylenes is 1. The SMILES string of the molecule is C#CCSc1nnc(-c2ccc(OC)cc2)n1C(=O)C(F)(F)F. The molecule has 0 aliphatic heterocycles. The Bertz CT molecular complexity index is 748. The van der Waals surface area contributed by atoms with E-state index in [-0.39, 0.29) is 16.7 Å². The zero-order valence-electron chi connectivity index (χ0n) is 11.8. The summed E-state index contributed by atoms with van der Waals surface area (Å²) in [6.07, 6.45) is 0.0284. The largest absolute Gasteiger partial charge is 0.497 e. The predicted molar refractivity (Wildman–Crippen MR) is 78.2 cm³/mol. The predicted octanol–water partition coefficient (Wildman–Crippen LogP) is 2.88. The highest BCUT2D eigenvalue weighted by Gasteiger charge is 2.42.